The van der Waals surface area contributed by atoms with Gasteiger partial charge in [-0.1, -0.05) is 15.9 Å². The number of carboxylic acids is 1. The summed E-state index contributed by atoms with van der Waals surface area (Å²) in [6, 6.07) is 6.26. The molecule has 126 valence electrons. The number of aromatic carboxylic acids is 1. The van der Waals surface area contributed by atoms with Gasteiger partial charge in [0.1, 0.15) is 5.82 Å². The minimum absolute atomic E-state index is 0.0707. The van der Waals surface area contributed by atoms with Crippen molar-refractivity contribution >= 4 is 27.6 Å². The third kappa shape index (κ3) is 3.51. The van der Waals surface area contributed by atoms with Crippen LogP contribution in [-0.4, -0.2) is 21.7 Å². The number of aryl methyl sites for hydroxylation is 1. The topological polar surface area (TPSA) is 71.3 Å². The van der Waals surface area contributed by atoms with Crippen molar-refractivity contribution in [3.05, 3.63) is 62.2 Å². The van der Waals surface area contributed by atoms with Crippen molar-refractivity contribution < 1.29 is 14.3 Å². The number of aromatic nitrogens is 1. The molecule has 7 heteroatoms. The zero-order valence-electron chi connectivity index (χ0n) is 12.9. The maximum absolute atomic E-state index is 13.8. The lowest BCUT2D eigenvalue weighted by molar-refractivity contribution is 0.0695. The van der Waals surface area contributed by atoms with Crippen LogP contribution in [0.15, 0.2) is 39.7 Å². The molecule has 1 aromatic heterocycles. The van der Waals surface area contributed by atoms with Gasteiger partial charge in [0.2, 0.25) is 0 Å². The number of hydrogen-bond acceptors (Lipinski definition) is 3. The normalized spacial score (nSPS) is 19.1. The fraction of sp³-hybridized carbons (Fsp3) is 0.294. The molecule has 0 amide bonds. The number of benzene rings is 1. The summed E-state index contributed by atoms with van der Waals surface area (Å²) in [7, 11) is 0. The van der Waals surface area contributed by atoms with E-state index in [1.165, 1.54) is 22.9 Å². The minimum atomic E-state index is -1.06. The fourth-order valence-electron chi connectivity index (χ4n) is 2.72. The lowest BCUT2D eigenvalue weighted by Gasteiger charge is -2.10. The standard InChI is InChI=1S/C17H16BrFN2O3/c1-9-4-11(17(23)24)8-21(16(9)22)7-10-5-15(10)20-14-3-2-12(18)6-13(14)19/h2-4,6,8,10,15,20H,5,7H2,1H3,(H,23,24)/t10-,15-/m0/s1. The van der Waals surface area contributed by atoms with Crippen molar-refractivity contribution in [1.29, 1.82) is 0 Å². The fourth-order valence-corrected chi connectivity index (χ4v) is 3.06. The summed E-state index contributed by atoms with van der Waals surface area (Å²) in [6.07, 6.45) is 2.17. The van der Waals surface area contributed by atoms with Crippen molar-refractivity contribution in [2.75, 3.05) is 5.32 Å². The first-order chi connectivity index (χ1) is 11.3. The van der Waals surface area contributed by atoms with Crippen molar-refractivity contribution in [3.8, 4) is 0 Å². The highest BCUT2D eigenvalue weighted by Gasteiger charge is 2.38. The second kappa shape index (κ2) is 6.39. The second-order valence-corrected chi connectivity index (χ2v) is 6.96. The highest BCUT2D eigenvalue weighted by atomic mass is 79.9. The number of carboxylic acid groups (broad SMARTS) is 1. The van der Waals surface area contributed by atoms with E-state index in [0.29, 0.717) is 22.3 Å². The first kappa shape index (κ1) is 16.7. The van der Waals surface area contributed by atoms with E-state index in [4.69, 9.17) is 5.11 Å². The second-order valence-electron chi connectivity index (χ2n) is 6.05. The van der Waals surface area contributed by atoms with Crippen LogP contribution < -0.4 is 10.9 Å². The summed E-state index contributed by atoms with van der Waals surface area (Å²) in [4.78, 5) is 23.3. The molecule has 1 aromatic carbocycles. The van der Waals surface area contributed by atoms with Crippen LogP contribution in [0.2, 0.25) is 0 Å². The van der Waals surface area contributed by atoms with E-state index in [1.807, 2.05) is 0 Å². The van der Waals surface area contributed by atoms with Gasteiger partial charge in [-0.2, -0.15) is 0 Å². The minimum Gasteiger partial charge on any atom is -0.478 e. The van der Waals surface area contributed by atoms with E-state index in [1.54, 1.807) is 19.1 Å². The van der Waals surface area contributed by atoms with Gasteiger partial charge in [0.25, 0.3) is 5.56 Å². The Hall–Kier alpha value is -2.15. The lowest BCUT2D eigenvalue weighted by atomic mass is 10.2. The smallest absolute Gasteiger partial charge is 0.337 e. The quantitative estimate of drug-likeness (QED) is 0.816. The van der Waals surface area contributed by atoms with Crippen LogP contribution in [0, 0.1) is 18.7 Å². The Bertz CT molecular complexity index is 865. The molecule has 1 aliphatic rings. The van der Waals surface area contributed by atoms with Crippen LogP contribution in [0.3, 0.4) is 0 Å². The SMILES string of the molecule is Cc1cc(C(=O)O)cn(C[C@@H]2C[C@@H]2Nc2ccc(Br)cc2F)c1=O. The average molecular weight is 395 g/mol. The summed E-state index contributed by atoms with van der Waals surface area (Å²) in [5, 5.41) is 12.2. The molecule has 1 saturated carbocycles. The van der Waals surface area contributed by atoms with Crippen LogP contribution in [-0.2, 0) is 6.54 Å². The highest BCUT2D eigenvalue weighted by Crippen LogP contribution is 2.35. The van der Waals surface area contributed by atoms with Gasteiger partial charge in [-0.25, -0.2) is 9.18 Å². The predicted molar refractivity (Wildman–Crippen MR) is 92.0 cm³/mol. The van der Waals surface area contributed by atoms with Gasteiger partial charge in [0.15, 0.2) is 0 Å². The van der Waals surface area contributed by atoms with Gasteiger partial charge in [-0.05, 0) is 43.5 Å². The van der Waals surface area contributed by atoms with E-state index < -0.39 is 5.97 Å². The number of halogens is 2. The molecule has 1 aliphatic carbocycles. The molecule has 0 radical (unpaired) electrons. The molecule has 0 spiro atoms. The molecule has 1 heterocycles. The monoisotopic (exact) mass is 394 g/mol. The van der Waals surface area contributed by atoms with Gasteiger partial charge in [-0.3, -0.25) is 4.79 Å². The molecule has 3 rings (SSSR count). The molecular formula is C17H16BrFN2O3. The molecule has 2 atom stereocenters. The van der Waals surface area contributed by atoms with E-state index in [-0.39, 0.29) is 28.9 Å². The van der Waals surface area contributed by atoms with Gasteiger partial charge in [0.05, 0.1) is 11.3 Å². The Morgan fingerprint density at radius 2 is 2.21 bits per heavy atom. The van der Waals surface area contributed by atoms with E-state index in [9.17, 15) is 14.0 Å². The van der Waals surface area contributed by atoms with Crippen molar-refractivity contribution in [2.24, 2.45) is 5.92 Å². The number of nitrogens with zero attached hydrogens (tertiary/aromatic N) is 1. The van der Waals surface area contributed by atoms with Crippen LogP contribution in [0.25, 0.3) is 0 Å². The number of rotatable bonds is 5. The number of anilines is 1. The number of nitrogens with one attached hydrogen (secondary N) is 1. The van der Waals surface area contributed by atoms with Crippen LogP contribution >= 0.6 is 15.9 Å². The molecule has 0 unspecified atom stereocenters. The molecular weight excluding hydrogens is 379 g/mol. The Morgan fingerprint density at radius 1 is 1.46 bits per heavy atom. The number of carbonyl (C=O) groups is 1. The Morgan fingerprint density at radius 3 is 2.88 bits per heavy atom. The lowest BCUT2D eigenvalue weighted by Crippen LogP contribution is -2.25. The third-order valence-corrected chi connectivity index (χ3v) is 4.63. The largest absolute Gasteiger partial charge is 0.478 e. The zero-order valence-corrected chi connectivity index (χ0v) is 14.5. The molecule has 0 aliphatic heterocycles. The number of pyridine rings is 1. The number of hydrogen-bond donors (Lipinski definition) is 2. The summed E-state index contributed by atoms with van der Waals surface area (Å²) in [6.45, 7) is 2.02. The van der Waals surface area contributed by atoms with Crippen molar-refractivity contribution in [1.82, 2.24) is 4.57 Å². The third-order valence-electron chi connectivity index (χ3n) is 4.14. The van der Waals surface area contributed by atoms with E-state index in [2.05, 4.69) is 21.2 Å². The maximum atomic E-state index is 13.8. The maximum Gasteiger partial charge on any atom is 0.337 e. The molecule has 24 heavy (non-hydrogen) atoms. The molecule has 2 aromatic rings. The summed E-state index contributed by atoms with van der Waals surface area (Å²) in [5.41, 5.74) is 0.726. The summed E-state index contributed by atoms with van der Waals surface area (Å²) < 4.78 is 15.9. The Balaban J connectivity index is 1.71. The van der Waals surface area contributed by atoms with Crippen molar-refractivity contribution in [3.63, 3.8) is 0 Å². The van der Waals surface area contributed by atoms with Gasteiger partial charge in [-0.15, -0.1) is 0 Å². The van der Waals surface area contributed by atoms with Crippen LogP contribution in [0.5, 0.6) is 0 Å². The first-order valence-electron chi connectivity index (χ1n) is 7.51. The van der Waals surface area contributed by atoms with Gasteiger partial charge < -0.3 is 15.0 Å². The average Bonchev–Trinajstić information content (AvgIpc) is 3.24. The van der Waals surface area contributed by atoms with Crippen LogP contribution in [0.1, 0.15) is 22.3 Å². The van der Waals surface area contributed by atoms with Crippen LogP contribution in [0.4, 0.5) is 10.1 Å². The Labute approximate surface area is 146 Å². The van der Waals surface area contributed by atoms with E-state index >= 15 is 0 Å². The van der Waals surface area contributed by atoms with E-state index in [0.717, 1.165) is 6.42 Å². The first-order valence-corrected chi connectivity index (χ1v) is 8.30. The molecule has 5 nitrogen and oxygen atoms in total. The molecule has 0 bridgehead atoms. The summed E-state index contributed by atoms with van der Waals surface area (Å²) in [5.74, 6) is -1.24. The highest BCUT2D eigenvalue weighted by molar-refractivity contribution is 9.10. The zero-order chi connectivity index (χ0) is 17.4. The van der Waals surface area contributed by atoms with Crippen molar-refractivity contribution in [2.45, 2.75) is 25.9 Å². The molecule has 1 fully saturated rings. The summed E-state index contributed by atoms with van der Waals surface area (Å²) >= 11 is 3.21. The molecule has 0 saturated heterocycles. The molecule has 2 N–H and O–H groups in total. The Kier molecular flexibility index (Phi) is 4.45. The van der Waals surface area contributed by atoms with Gasteiger partial charge in [0, 0.05) is 28.8 Å². The predicted octanol–water partition coefficient (Wildman–Crippen LogP) is 3.26. The van der Waals surface area contributed by atoms with Gasteiger partial charge >= 0.3 is 5.97 Å².